The van der Waals surface area contributed by atoms with E-state index in [4.69, 9.17) is 20.4 Å². The van der Waals surface area contributed by atoms with E-state index in [1.807, 2.05) is 0 Å². The molecule has 0 aliphatic rings. The van der Waals surface area contributed by atoms with Crippen LogP contribution in [0.4, 0.5) is 0 Å². The Morgan fingerprint density at radius 1 is 1.50 bits per heavy atom. The third-order valence-electron chi connectivity index (χ3n) is 1.67. The quantitative estimate of drug-likeness (QED) is 0.351. The monoisotopic (exact) mass is 239 g/mol. The zero-order valence-electron chi connectivity index (χ0n) is 8.16. The summed E-state index contributed by atoms with van der Waals surface area (Å²) in [6.45, 7) is 0. The predicted molar refractivity (Wildman–Crippen MR) is 59.1 cm³/mol. The van der Waals surface area contributed by atoms with E-state index in [2.05, 4.69) is 15.3 Å². The molecule has 2 heterocycles. The highest BCUT2D eigenvalue weighted by Gasteiger charge is 2.10. The lowest BCUT2D eigenvalue weighted by atomic mass is 10.5. The fourth-order valence-electron chi connectivity index (χ4n) is 0.985. The summed E-state index contributed by atoms with van der Waals surface area (Å²) in [5.41, 5.74) is 5.40. The lowest BCUT2D eigenvalue weighted by Crippen LogP contribution is -2.09. The van der Waals surface area contributed by atoms with Gasteiger partial charge in [0.2, 0.25) is 5.89 Å². The van der Waals surface area contributed by atoms with Crippen LogP contribution >= 0.6 is 11.8 Å². The number of furan rings is 1. The molecule has 0 atom stereocenters. The van der Waals surface area contributed by atoms with Crippen LogP contribution in [0.3, 0.4) is 0 Å². The van der Waals surface area contributed by atoms with Gasteiger partial charge in [-0.3, -0.25) is 0 Å². The van der Waals surface area contributed by atoms with Gasteiger partial charge >= 0.3 is 0 Å². The van der Waals surface area contributed by atoms with Crippen molar-refractivity contribution in [2.45, 2.75) is 5.75 Å². The summed E-state index contributed by atoms with van der Waals surface area (Å²) in [5, 5.41) is 11.2. The number of hydrazone groups is 1. The van der Waals surface area contributed by atoms with Gasteiger partial charge in [0.05, 0.1) is 12.0 Å². The van der Waals surface area contributed by atoms with E-state index in [1.165, 1.54) is 18.0 Å². The molecule has 0 radical (unpaired) electrons. The largest absolute Gasteiger partial charge is 0.459 e. The molecule has 0 aliphatic heterocycles. The molecule has 0 fully saturated rings. The molecule has 0 aromatic carbocycles. The molecule has 2 aromatic rings. The van der Waals surface area contributed by atoms with Crippen molar-refractivity contribution in [1.82, 2.24) is 10.2 Å². The van der Waals surface area contributed by atoms with Crippen molar-refractivity contribution in [3.8, 4) is 11.7 Å². The van der Waals surface area contributed by atoms with Gasteiger partial charge in [0, 0.05) is 0 Å². The standard InChI is InChI=1S/C8H9N5O2S/c9-8(11-10)16-4-6-12-13-7(15-6)5-2-1-3-14-5/h1-3H,4,10H2,(H2,9,11). The second-order valence-electron chi connectivity index (χ2n) is 2.73. The fourth-order valence-corrected chi connectivity index (χ4v) is 1.45. The van der Waals surface area contributed by atoms with Crippen molar-refractivity contribution in [1.29, 1.82) is 0 Å². The van der Waals surface area contributed by atoms with E-state index >= 15 is 0 Å². The minimum atomic E-state index is 0.262. The van der Waals surface area contributed by atoms with Crippen LogP contribution < -0.4 is 11.6 Å². The molecule has 2 rings (SSSR count). The Bertz CT molecular complexity index is 478. The summed E-state index contributed by atoms with van der Waals surface area (Å²) in [4.78, 5) is 0. The maximum atomic E-state index is 5.40. The van der Waals surface area contributed by atoms with Crippen LogP contribution in [-0.4, -0.2) is 15.4 Å². The average molecular weight is 239 g/mol. The molecule has 7 nitrogen and oxygen atoms in total. The molecule has 0 aliphatic carbocycles. The van der Waals surface area contributed by atoms with E-state index in [1.54, 1.807) is 12.1 Å². The second-order valence-corrected chi connectivity index (χ2v) is 3.73. The number of hydrogen-bond donors (Lipinski definition) is 2. The third kappa shape index (κ3) is 2.34. The first-order valence-corrected chi connectivity index (χ1v) is 5.30. The van der Waals surface area contributed by atoms with E-state index in [0.29, 0.717) is 23.3 Å². The van der Waals surface area contributed by atoms with Crippen molar-refractivity contribution in [2.24, 2.45) is 16.7 Å². The van der Waals surface area contributed by atoms with Crippen molar-refractivity contribution >= 4 is 16.9 Å². The Morgan fingerprint density at radius 2 is 2.38 bits per heavy atom. The van der Waals surface area contributed by atoms with Gasteiger partial charge < -0.3 is 20.4 Å². The smallest absolute Gasteiger partial charge is 0.283 e. The maximum absolute atomic E-state index is 5.40. The highest BCUT2D eigenvalue weighted by molar-refractivity contribution is 8.13. The molecule has 4 N–H and O–H groups in total. The van der Waals surface area contributed by atoms with E-state index in [-0.39, 0.29) is 5.17 Å². The maximum Gasteiger partial charge on any atom is 0.283 e. The Balaban J connectivity index is 2.03. The molecule has 8 heteroatoms. The molecule has 2 aromatic heterocycles. The number of aromatic nitrogens is 2. The number of nitrogens with two attached hydrogens (primary N) is 2. The summed E-state index contributed by atoms with van der Waals surface area (Å²) in [6.07, 6.45) is 1.53. The minimum Gasteiger partial charge on any atom is -0.459 e. The summed E-state index contributed by atoms with van der Waals surface area (Å²) in [7, 11) is 0. The Morgan fingerprint density at radius 3 is 3.06 bits per heavy atom. The minimum absolute atomic E-state index is 0.262. The van der Waals surface area contributed by atoms with Crippen LogP contribution in [0.5, 0.6) is 0 Å². The number of hydrogen-bond acceptors (Lipinski definition) is 7. The van der Waals surface area contributed by atoms with Crippen LogP contribution in [0.1, 0.15) is 5.89 Å². The first kappa shape index (κ1) is 10.6. The first-order chi connectivity index (χ1) is 7.79. The normalized spacial score (nSPS) is 11.9. The van der Waals surface area contributed by atoms with Crippen molar-refractivity contribution in [3.63, 3.8) is 0 Å². The Hall–Kier alpha value is -1.96. The average Bonchev–Trinajstić information content (AvgIpc) is 2.95. The van der Waals surface area contributed by atoms with E-state index in [0.717, 1.165) is 0 Å². The highest BCUT2D eigenvalue weighted by Crippen LogP contribution is 2.19. The van der Waals surface area contributed by atoms with Gasteiger partial charge in [-0.2, -0.15) is 5.10 Å². The molecule has 0 bridgehead atoms. The lowest BCUT2D eigenvalue weighted by molar-refractivity contribution is 0.494. The highest BCUT2D eigenvalue weighted by atomic mass is 32.2. The van der Waals surface area contributed by atoms with Crippen molar-refractivity contribution in [2.75, 3.05) is 0 Å². The molecule has 84 valence electrons. The van der Waals surface area contributed by atoms with Gasteiger partial charge in [-0.25, -0.2) is 0 Å². The van der Waals surface area contributed by atoms with Gasteiger partial charge in [0.1, 0.15) is 0 Å². The number of amidine groups is 1. The third-order valence-corrected chi connectivity index (χ3v) is 2.46. The van der Waals surface area contributed by atoms with Crippen LogP contribution in [-0.2, 0) is 5.75 Å². The van der Waals surface area contributed by atoms with Crippen molar-refractivity contribution in [3.05, 3.63) is 24.3 Å². The van der Waals surface area contributed by atoms with Crippen molar-refractivity contribution < 1.29 is 8.83 Å². The van der Waals surface area contributed by atoms with Gasteiger partial charge in [-0.05, 0) is 12.1 Å². The molecule has 0 unspecified atom stereocenters. The molecule has 0 spiro atoms. The Labute approximate surface area is 94.9 Å². The molecular formula is C8H9N5O2S. The van der Waals surface area contributed by atoms with E-state index in [9.17, 15) is 0 Å². The van der Waals surface area contributed by atoms with Gasteiger partial charge in [0.15, 0.2) is 10.9 Å². The van der Waals surface area contributed by atoms with Crippen LogP contribution in [0.2, 0.25) is 0 Å². The van der Waals surface area contributed by atoms with Gasteiger partial charge in [-0.1, -0.05) is 11.8 Å². The fraction of sp³-hybridized carbons (Fsp3) is 0.125. The van der Waals surface area contributed by atoms with Crippen LogP contribution in [0, 0.1) is 0 Å². The topological polar surface area (TPSA) is 116 Å². The number of thioether (sulfide) groups is 1. The molecule has 0 saturated carbocycles. The summed E-state index contributed by atoms with van der Waals surface area (Å²) >= 11 is 1.22. The summed E-state index contributed by atoms with van der Waals surface area (Å²) in [5.74, 6) is 6.70. The molecule has 0 amide bonds. The second kappa shape index (κ2) is 4.71. The summed E-state index contributed by atoms with van der Waals surface area (Å²) < 4.78 is 10.4. The number of rotatable bonds is 3. The molecule has 0 saturated heterocycles. The van der Waals surface area contributed by atoms with Crippen LogP contribution in [0.15, 0.2) is 32.3 Å². The molecular weight excluding hydrogens is 230 g/mol. The molecule has 16 heavy (non-hydrogen) atoms. The lowest BCUT2D eigenvalue weighted by Gasteiger charge is -1.93. The zero-order valence-corrected chi connectivity index (χ0v) is 8.98. The summed E-state index contributed by atoms with van der Waals surface area (Å²) in [6, 6.07) is 3.48. The zero-order chi connectivity index (χ0) is 11.4. The SMILES string of the molecule is NN=C(N)SCc1nnc(-c2ccco2)o1. The van der Waals surface area contributed by atoms with Gasteiger partial charge in [-0.15, -0.1) is 10.2 Å². The predicted octanol–water partition coefficient (Wildman–Crippen LogP) is 0.751. The van der Waals surface area contributed by atoms with Crippen LogP contribution in [0.25, 0.3) is 11.7 Å². The number of nitrogens with zero attached hydrogens (tertiary/aromatic N) is 3. The first-order valence-electron chi connectivity index (χ1n) is 4.32. The van der Waals surface area contributed by atoms with Gasteiger partial charge in [0.25, 0.3) is 5.89 Å². The Kier molecular flexibility index (Phi) is 3.10. The van der Waals surface area contributed by atoms with E-state index < -0.39 is 0 Å².